The maximum Gasteiger partial charge on any atom is 0.255 e. The van der Waals surface area contributed by atoms with Gasteiger partial charge in [0.15, 0.2) is 0 Å². The number of carbonyl (C=O) groups excluding carboxylic acids is 1. The van der Waals surface area contributed by atoms with Crippen molar-refractivity contribution >= 4 is 39.1 Å². The fourth-order valence-corrected chi connectivity index (χ4v) is 2.21. The number of amides is 1. The highest BCUT2D eigenvalue weighted by atomic mass is 79.9. The molecule has 0 aliphatic heterocycles. The first-order valence-corrected chi connectivity index (χ1v) is 7.65. The van der Waals surface area contributed by atoms with Crippen molar-refractivity contribution in [2.24, 2.45) is 0 Å². The molecule has 0 aromatic carbocycles. The van der Waals surface area contributed by atoms with Crippen molar-refractivity contribution < 1.29 is 4.79 Å². The van der Waals surface area contributed by atoms with Crippen molar-refractivity contribution in [1.29, 1.82) is 0 Å². The van der Waals surface area contributed by atoms with Crippen LogP contribution in [-0.4, -0.2) is 15.9 Å². The molecule has 0 unspecified atom stereocenters. The molecule has 1 amide bonds. The van der Waals surface area contributed by atoms with E-state index in [0.717, 1.165) is 15.9 Å². The first-order valence-electron chi connectivity index (χ1n) is 6.48. The van der Waals surface area contributed by atoms with Crippen LogP contribution in [0.15, 0.2) is 29.0 Å². The molecule has 110 valence electrons. The van der Waals surface area contributed by atoms with Crippen molar-refractivity contribution in [1.82, 2.24) is 9.97 Å². The third-order valence-corrected chi connectivity index (χ3v) is 3.96. The van der Waals surface area contributed by atoms with Crippen molar-refractivity contribution in [3.63, 3.8) is 0 Å². The number of hydrogen-bond donors (Lipinski definition) is 1. The van der Waals surface area contributed by atoms with E-state index in [1.54, 1.807) is 18.3 Å². The Morgan fingerprint density at radius 3 is 2.67 bits per heavy atom. The van der Waals surface area contributed by atoms with Crippen LogP contribution in [0.4, 0.5) is 5.69 Å². The Bertz CT molecular complexity index is 689. The lowest BCUT2D eigenvalue weighted by molar-refractivity contribution is 0.102. The summed E-state index contributed by atoms with van der Waals surface area (Å²) in [4.78, 5) is 20.7. The molecule has 6 heteroatoms. The highest BCUT2D eigenvalue weighted by Crippen LogP contribution is 2.20. The van der Waals surface area contributed by atoms with Gasteiger partial charge in [0, 0.05) is 11.3 Å². The average molecular weight is 369 g/mol. The van der Waals surface area contributed by atoms with Gasteiger partial charge in [-0.25, -0.2) is 9.97 Å². The normalized spacial score (nSPS) is 10.8. The van der Waals surface area contributed by atoms with Crippen molar-refractivity contribution in [2.45, 2.75) is 26.7 Å². The number of nitrogens with one attached hydrogen (secondary N) is 1. The molecule has 0 bridgehead atoms. The van der Waals surface area contributed by atoms with E-state index in [9.17, 15) is 4.79 Å². The van der Waals surface area contributed by atoms with Gasteiger partial charge in [0.25, 0.3) is 5.91 Å². The smallest absolute Gasteiger partial charge is 0.255 e. The number of carbonyl (C=O) groups is 1. The second-order valence-electron chi connectivity index (χ2n) is 5.04. The van der Waals surface area contributed by atoms with Gasteiger partial charge in [0.1, 0.15) is 9.76 Å². The Morgan fingerprint density at radius 1 is 1.33 bits per heavy atom. The van der Waals surface area contributed by atoms with Crippen LogP contribution in [0.2, 0.25) is 5.15 Å². The molecule has 0 aliphatic rings. The van der Waals surface area contributed by atoms with Gasteiger partial charge in [0.2, 0.25) is 0 Å². The Labute approximate surface area is 137 Å². The van der Waals surface area contributed by atoms with Crippen LogP contribution in [0.5, 0.6) is 0 Å². The molecule has 2 aromatic heterocycles. The van der Waals surface area contributed by atoms with Crippen LogP contribution in [0.25, 0.3) is 0 Å². The van der Waals surface area contributed by atoms with E-state index in [-0.39, 0.29) is 11.8 Å². The largest absolute Gasteiger partial charge is 0.321 e. The summed E-state index contributed by atoms with van der Waals surface area (Å²) in [6, 6.07) is 5.16. The quantitative estimate of drug-likeness (QED) is 0.807. The zero-order valence-corrected chi connectivity index (χ0v) is 14.3. The number of rotatable bonds is 3. The van der Waals surface area contributed by atoms with Gasteiger partial charge < -0.3 is 5.32 Å². The lowest BCUT2D eigenvalue weighted by Crippen LogP contribution is -2.13. The zero-order valence-electron chi connectivity index (χ0n) is 11.9. The number of anilines is 1. The van der Waals surface area contributed by atoms with Crippen LogP contribution >= 0.6 is 27.5 Å². The zero-order chi connectivity index (χ0) is 15.6. The minimum atomic E-state index is -0.232. The van der Waals surface area contributed by atoms with Gasteiger partial charge >= 0.3 is 0 Å². The minimum Gasteiger partial charge on any atom is -0.321 e. The van der Waals surface area contributed by atoms with E-state index in [1.165, 1.54) is 0 Å². The fourth-order valence-electron chi connectivity index (χ4n) is 1.77. The van der Waals surface area contributed by atoms with Crippen LogP contribution in [0, 0.1) is 6.92 Å². The maximum atomic E-state index is 12.3. The second kappa shape index (κ2) is 6.54. The Kier molecular flexibility index (Phi) is 4.96. The molecule has 0 spiro atoms. The molecule has 2 heterocycles. The summed E-state index contributed by atoms with van der Waals surface area (Å²) in [5.74, 6) is -0.0310. The Hall–Kier alpha value is -1.46. The highest BCUT2D eigenvalue weighted by Gasteiger charge is 2.12. The number of aryl methyl sites for hydroxylation is 1. The summed E-state index contributed by atoms with van der Waals surface area (Å²) < 4.78 is 0.759. The molecule has 0 saturated carbocycles. The summed E-state index contributed by atoms with van der Waals surface area (Å²) in [5.41, 5.74) is 2.86. The second-order valence-corrected chi connectivity index (χ2v) is 6.18. The van der Waals surface area contributed by atoms with Gasteiger partial charge in [-0.1, -0.05) is 25.4 Å². The molecule has 4 nitrogen and oxygen atoms in total. The molecule has 0 fully saturated rings. The summed E-state index contributed by atoms with van der Waals surface area (Å²) in [5, 5.41) is 3.13. The van der Waals surface area contributed by atoms with Crippen molar-refractivity contribution in [2.75, 3.05) is 5.32 Å². The standard InChI is InChI=1S/C15H15BrClN3O/c1-8(2)12-5-10(6-13(17)20-12)15(21)19-11-4-9(3)14(16)18-7-11/h4-8H,1-3H3,(H,19,21). The molecule has 0 radical (unpaired) electrons. The average Bonchev–Trinajstić information content (AvgIpc) is 2.42. The van der Waals surface area contributed by atoms with Crippen LogP contribution in [0.1, 0.15) is 41.4 Å². The molecular formula is C15H15BrClN3O. The maximum absolute atomic E-state index is 12.3. The molecule has 0 aliphatic carbocycles. The monoisotopic (exact) mass is 367 g/mol. The van der Waals surface area contributed by atoms with Gasteiger partial charge in [-0.3, -0.25) is 4.79 Å². The van der Waals surface area contributed by atoms with E-state index < -0.39 is 0 Å². The van der Waals surface area contributed by atoms with Crippen molar-refractivity contribution in [3.8, 4) is 0 Å². The lowest BCUT2D eigenvalue weighted by atomic mass is 10.1. The first kappa shape index (κ1) is 15.9. The Morgan fingerprint density at radius 2 is 2.05 bits per heavy atom. The van der Waals surface area contributed by atoms with E-state index in [1.807, 2.05) is 26.8 Å². The van der Waals surface area contributed by atoms with Crippen LogP contribution in [0.3, 0.4) is 0 Å². The predicted octanol–water partition coefficient (Wildman–Crippen LogP) is 4.58. The molecule has 2 aromatic rings. The van der Waals surface area contributed by atoms with Gasteiger partial charge in [-0.2, -0.15) is 0 Å². The van der Waals surface area contributed by atoms with E-state index in [0.29, 0.717) is 16.4 Å². The van der Waals surface area contributed by atoms with Crippen LogP contribution < -0.4 is 5.32 Å². The Balaban J connectivity index is 2.25. The minimum absolute atomic E-state index is 0.201. The number of halogens is 2. The molecular weight excluding hydrogens is 354 g/mol. The van der Waals surface area contributed by atoms with E-state index in [2.05, 4.69) is 31.2 Å². The summed E-state index contributed by atoms with van der Waals surface area (Å²) in [6.45, 7) is 5.91. The summed E-state index contributed by atoms with van der Waals surface area (Å²) >= 11 is 9.30. The summed E-state index contributed by atoms with van der Waals surface area (Å²) in [6.07, 6.45) is 1.60. The third-order valence-electron chi connectivity index (χ3n) is 2.94. The molecule has 0 saturated heterocycles. The molecule has 0 atom stereocenters. The highest BCUT2D eigenvalue weighted by molar-refractivity contribution is 9.10. The van der Waals surface area contributed by atoms with E-state index in [4.69, 9.17) is 11.6 Å². The topological polar surface area (TPSA) is 54.9 Å². The number of pyridine rings is 2. The molecule has 1 N–H and O–H groups in total. The SMILES string of the molecule is Cc1cc(NC(=O)c2cc(Cl)nc(C(C)C)c2)cnc1Br. The van der Waals surface area contributed by atoms with Gasteiger partial charge in [-0.15, -0.1) is 0 Å². The number of nitrogens with zero attached hydrogens (tertiary/aromatic N) is 2. The molecule has 2 rings (SSSR count). The third kappa shape index (κ3) is 4.02. The predicted molar refractivity (Wildman–Crippen MR) is 88.0 cm³/mol. The van der Waals surface area contributed by atoms with E-state index >= 15 is 0 Å². The number of aromatic nitrogens is 2. The lowest BCUT2D eigenvalue weighted by Gasteiger charge is -2.10. The van der Waals surface area contributed by atoms with Gasteiger partial charge in [0.05, 0.1) is 11.9 Å². The van der Waals surface area contributed by atoms with Crippen LogP contribution in [-0.2, 0) is 0 Å². The summed E-state index contributed by atoms with van der Waals surface area (Å²) in [7, 11) is 0. The number of hydrogen-bond acceptors (Lipinski definition) is 3. The van der Waals surface area contributed by atoms with Gasteiger partial charge in [-0.05, 0) is 52.5 Å². The first-order chi connectivity index (χ1) is 9.86. The fraction of sp³-hybridized carbons (Fsp3) is 0.267. The van der Waals surface area contributed by atoms with Crippen molar-refractivity contribution in [3.05, 3.63) is 51.0 Å². The molecule has 21 heavy (non-hydrogen) atoms.